The van der Waals surface area contributed by atoms with Crippen LogP contribution in [0.3, 0.4) is 0 Å². The molecule has 1 aliphatic heterocycles. The van der Waals surface area contributed by atoms with Gasteiger partial charge in [-0.3, -0.25) is 9.58 Å². The number of rotatable bonds is 6. The Morgan fingerprint density at radius 2 is 1.82 bits per heavy atom. The summed E-state index contributed by atoms with van der Waals surface area (Å²) in [4.78, 5) is 2.41. The molecule has 0 atom stereocenters. The first-order chi connectivity index (χ1) is 13.7. The van der Waals surface area contributed by atoms with E-state index in [0.29, 0.717) is 24.0 Å². The highest BCUT2D eigenvalue weighted by molar-refractivity contribution is 5.32. The van der Waals surface area contributed by atoms with Crippen molar-refractivity contribution < 1.29 is 10.2 Å². The highest BCUT2D eigenvalue weighted by Gasteiger charge is 2.21. The van der Waals surface area contributed by atoms with Gasteiger partial charge < -0.3 is 10.2 Å². The number of aromatic nitrogens is 3. The third-order valence-corrected chi connectivity index (χ3v) is 5.50. The van der Waals surface area contributed by atoms with Gasteiger partial charge in [-0.05, 0) is 67.6 Å². The average molecular weight is 378 g/mol. The van der Waals surface area contributed by atoms with Gasteiger partial charge in [-0.1, -0.05) is 35.5 Å². The normalized spacial score (nSPS) is 15.7. The summed E-state index contributed by atoms with van der Waals surface area (Å²) in [5, 5.41) is 28.1. The van der Waals surface area contributed by atoms with Crippen LogP contribution in [0.2, 0.25) is 0 Å². The largest absolute Gasteiger partial charge is 0.508 e. The molecule has 0 bridgehead atoms. The van der Waals surface area contributed by atoms with Gasteiger partial charge in [-0.2, -0.15) is 0 Å². The summed E-state index contributed by atoms with van der Waals surface area (Å²) in [7, 11) is 0. The minimum absolute atomic E-state index is 0.331. The van der Waals surface area contributed by atoms with Crippen LogP contribution < -0.4 is 0 Å². The Morgan fingerprint density at radius 1 is 1.00 bits per heavy atom. The molecule has 1 aliphatic rings. The number of para-hydroxylation sites is 1. The molecule has 0 saturated carbocycles. The third-order valence-electron chi connectivity index (χ3n) is 5.50. The van der Waals surface area contributed by atoms with Gasteiger partial charge in [0.1, 0.15) is 11.5 Å². The van der Waals surface area contributed by atoms with E-state index < -0.39 is 0 Å². The molecule has 4 rings (SSSR count). The molecule has 2 N–H and O–H groups in total. The van der Waals surface area contributed by atoms with Crippen molar-refractivity contribution in [3.8, 4) is 11.5 Å². The molecule has 0 radical (unpaired) electrons. The Labute approximate surface area is 165 Å². The summed E-state index contributed by atoms with van der Waals surface area (Å²) >= 11 is 0. The Kier molecular flexibility index (Phi) is 5.58. The summed E-state index contributed by atoms with van der Waals surface area (Å²) in [5.74, 6) is 1.19. The topological polar surface area (TPSA) is 74.4 Å². The number of nitrogens with zero attached hydrogens (tertiary/aromatic N) is 4. The van der Waals surface area contributed by atoms with Crippen molar-refractivity contribution in [2.45, 2.75) is 38.3 Å². The van der Waals surface area contributed by atoms with E-state index in [1.54, 1.807) is 12.1 Å². The van der Waals surface area contributed by atoms with Crippen LogP contribution in [0.4, 0.5) is 0 Å². The first-order valence-electron chi connectivity index (χ1n) is 9.84. The van der Waals surface area contributed by atoms with Crippen molar-refractivity contribution in [1.29, 1.82) is 0 Å². The van der Waals surface area contributed by atoms with Crippen LogP contribution in [0.5, 0.6) is 11.5 Å². The van der Waals surface area contributed by atoms with E-state index in [1.165, 1.54) is 5.56 Å². The molecule has 1 fully saturated rings. The predicted octanol–water partition coefficient (Wildman–Crippen LogP) is 3.31. The average Bonchev–Trinajstić information content (AvgIpc) is 3.15. The molecule has 1 saturated heterocycles. The maximum Gasteiger partial charge on any atom is 0.118 e. The summed E-state index contributed by atoms with van der Waals surface area (Å²) < 4.78 is 1.85. The maximum atomic E-state index is 9.86. The van der Waals surface area contributed by atoms with E-state index in [2.05, 4.69) is 21.3 Å². The zero-order valence-corrected chi connectivity index (χ0v) is 15.9. The lowest BCUT2D eigenvalue weighted by molar-refractivity contribution is 0.202. The summed E-state index contributed by atoms with van der Waals surface area (Å²) in [6.45, 7) is 3.55. The first-order valence-corrected chi connectivity index (χ1v) is 9.84. The molecule has 2 heterocycles. The minimum Gasteiger partial charge on any atom is -0.508 e. The van der Waals surface area contributed by atoms with Gasteiger partial charge in [0.25, 0.3) is 0 Å². The van der Waals surface area contributed by atoms with Crippen molar-refractivity contribution in [2.24, 2.45) is 0 Å². The number of hydrogen-bond acceptors (Lipinski definition) is 5. The number of hydrogen-bond donors (Lipinski definition) is 2. The van der Waals surface area contributed by atoms with Crippen LogP contribution in [0.25, 0.3) is 0 Å². The van der Waals surface area contributed by atoms with Gasteiger partial charge >= 0.3 is 0 Å². The molecule has 0 unspecified atom stereocenters. The van der Waals surface area contributed by atoms with Crippen molar-refractivity contribution in [1.82, 2.24) is 19.9 Å². The van der Waals surface area contributed by atoms with Gasteiger partial charge in [0, 0.05) is 19.3 Å². The van der Waals surface area contributed by atoms with Crippen LogP contribution in [-0.4, -0.2) is 43.2 Å². The number of aromatic hydroxyl groups is 2. The van der Waals surface area contributed by atoms with Gasteiger partial charge in [-0.25, -0.2) is 0 Å². The summed E-state index contributed by atoms with van der Waals surface area (Å²) in [6, 6.07) is 15.0. The molecule has 2 aromatic carbocycles. The van der Waals surface area contributed by atoms with Crippen LogP contribution in [0.15, 0.2) is 54.7 Å². The van der Waals surface area contributed by atoms with Gasteiger partial charge in [0.2, 0.25) is 0 Å². The van der Waals surface area contributed by atoms with Crippen LogP contribution >= 0.6 is 0 Å². The lowest BCUT2D eigenvalue weighted by atomic mass is 9.89. The number of piperidine rings is 1. The van der Waals surface area contributed by atoms with Crippen molar-refractivity contribution >= 4 is 0 Å². The Hall–Kier alpha value is -2.86. The van der Waals surface area contributed by atoms with Crippen molar-refractivity contribution in [3.63, 3.8) is 0 Å². The zero-order valence-electron chi connectivity index (χ0n) is 15.9. The highest BCUT2D eigenvalue weighted by Crippen LogP contribution is 2.30. The fourth-order valence-corrected chi connectivity index (χ4v) is 3.91. The first kappa shape index (κ1) is 18.5. The molecule has 3 aromatic rings. The number of phenols is 2. The molecular formula is C22H26N4O2. The molecule has 0 amide bonds. The molecule has 28 heavy (non-hydrogen) atoms. The number of benzene rings is 2. The molecule has 6 nitrogen and oxygen atoms in total. The molecule has 146 valence electrons. The van der Waals surface area contributed by atoms with E-state index in [9.17, 15) is 10.2 Å². The Morgan fingerprint density at radius 3 is 2.61 bits per heavy atom. The Bertz CT molecular complexity index is 916. The molecule has 6 heteroatoms. The third kappa shape index (κ3) is 4.51. The monoisotopic (exact) mass is 378 g/mol. The second kappa shape index (κ2) is 8.44. The fourth-order valence-electron chi connectivity index (χ4n) is 3.91. The summed E-state index contributed by atoms with van der Waals surface area (Å²) in [5.41, 5.74) is 3.14. The number of likely N-dealkylation sites (tertiary alicyclic amines) is 1. The molecule has 0 spiro atoms. The quantitative estimate of drug-likeness (QED) is 0.688. The lowest BCUT2D eigenvalue weighted by Gasteiger charge is -2.31. The Balaban J connectivity index is 1.27. The van der Waals surface area contributed by atoms with Crippen LogP contribution in [0.1, 0.15) is 35.6 Å². The number of aryl methyl sites for hydroxylation is 2. The fraction of sp³-hybridized carbons (Fsp3) is 0.364. The van der Waals surface area contributed by atoms with Crippen LogP contribution in [-0.2, 0) is 19.5 Å². The van der Waals surface area contributed by atoms with E-state index >= 15 is 0 Å². The highest BCUT2D eigenvalue weighted by atomic mass is 16.3. The molecular weight excluding hydrogens is 352 g/mol. The van der Waals surface area contributed by atoms with Crippen molar-refractivity contribution in [2.75, 3.05) is 13.1 Å². The van der Waals surface area contributed by atoms with E-state index in [0.717, 1.165) is 50.2 Å². The second-order valence-corrected chi connectivity index (χ2v) is 7.50. The summed E-state index contributed by atoms with van der Waals surface area (Å²) in [6.07, 6.45) is 4.90. The maximum absolute atomic E-state index is 9.86. The van der Waals surface area contributed by atoms with Crippen molar-refractivity contribution in [3.05, 3.63) is 71.5 Å². The minimum atomic E-state index is 0.331. The molecule has 0 aliphatic carbocycles. The number of phenolic OH excluding ortho intramolecular Hbond substituents is 2. The van der Waals surface area contributed by atoms with E-state index in [-0.39, 0.29) is 0 Å². The second-order valence-electron chi connectivity index (χ2n) is 7.50. The van der Waals surface area contributed by atoms with E-state index in [4.69, 9.17) is 0 Å². The van der Waals surface area contributed by atoms with Gasteiger partial charge in [-0.15, -0.1) is 5.10 Å². The van der Waals surface area contributed by atoms with Crippen LogP contribution in [0, 0.1) is 0 Å². The molecule has 1 aromatic heterocycles. The van der Waals surface area contributed by atoms with Gasteiger partial charge in [0.05, 0.1) is 5.69 Å². The smallest absolute Gasteiger partial charge is 0.118 e. The zero-order chi connectivity index (χ0) is 19.3. The predicted molar refractivity (Wildman–Crippen MR) is 107 cm³/mol. The van der Waals surface area contributed by atoms with Gasteiger partial charge in [0.15, 0.2) is 0 Å². The standard InChI is InChI=1S/C22H26N4O2/c27-21-6-3-5-19(14-21)17-8-11-25(12-9-17)15-20-16-26(24-23-20)13-10-18-4-1-2-7-22(18)28/h1-7,14,16-17,27-28H,8-13,15H2. The SMILES string of the molecule is Oc1cccc(C2CCN(Cc3cn(CCc4ccccc4O)nn3)CC2)c1. The lowest BCUT2D eigenvalue weighted by Crippen LogP contribution is -2.32. The van der Waals surface area contributed by atoms with E-state index in [1.807, 2.05) is 41.2 Å².